The van der Waals surface area contributed by atoms with Crippen molar-refractivity contribution < 1.29 is 9.72 Å². The van der Waals surface area contributed by atoms with Gasteiger partial charge in [0.15, 0.2) is 0 Å². The SMILES string of the molecule is Cc1cc([N+](=O)[O-])nn1CC(=O)N/N=C/c1cccc(Cl)c1. The van der Waals surface area contributed by atoms with Crippen molar-refractivity contribution >= 4 is 29.5 Å². The lowest BCUT2D eigenvalue weighted by Gasteiger charge is -1.99. The Morgan fingerprint density at radius 1 is 1.55 bits per heavy atom. The van der Waals surface area contributed by atoms with Crippen LogP contribution in [0.1, 0.15) is 11.3 Å². The number of rotatable bonds is 5. The van der Waals surface area contributed by atoms with E-state index in [4.69, 9.17) is 11.6 Å². The number of nitrogens with zero attached hydrogens (tertiary/aromatic N) is 4. The number of carbonyl (C=O) groups excluding carboxylic acids is 1. The van der Waals surface area contributed by atoms with Crippen LogP contribution in [-0.2, 0) is 11.3 Å². The molecule has 1 aromatic heterocycles. The molecule has 1 heterocycles. The van der Waals surface area contributed by atoms with E-state index in [1.54, 1.807) is 31.2 Å². The van der Waals surface area contributed by atoms with Gasteiger partial charge >= 0.3 is 5.82 Å². The van der Waals surface area contributed by atoms with Crippen molar-refractivity contribution in [3.63, 3.8) is 0 Å². The fraction of sp³-hybridized carbons (Fsp3) is 0.154. The molecule has 2 rings (SSSR count). The molecular weight excluding hydrogens is 310 g/mol. The second-order valence-corrected chi connectivity index (χ2v) is 4.84. The van der Waals surface area contributed by atoms with Crippen LogP contribution in [-0.4, -0.2) is 26.8 Å². The first kappa shape index (κ1) is 15.6. The predicted octanol–water partition coefficient (Wildman–Crippen LogP) is 1.90. The molecule has 22 heavy (non-hydrogen) atoms. The Bertz CT molecular complexity index is 741. The topological polar surface area (TPSA) is 102 Å². The second kappa shape index (κ2) is 6.81. The first-order valence-electron chi connectivity index (χ1n) is 6.22. The number of hydrogen-bond donors (Lipinski definition) is 1. The number of carbonyl (C=O) groups is 1. The van der Waals surface area contributed by atoms with E-state index in [2.05, 4.69) is 15.6 Å². The highest BCUT2D eigenvalue weighted by Gasteiger charge is 2.17. The minimum atomic E-state index is -0.612. The van der Waals surface area contributed by atoms with Crippen LogP contribution in [0.5, 0.6) is 0 Å². The predicted molar refractivity (Wildman–Crippen MR) is 80.8 cm³/mol. The third-order valence-corrected chi connectivity index (χ3v) is 2.94. The van der Waals surface area contributed by atoms with Gasteiger partial charge in [-0.1, -0.05) is 23.7 Å². The van der Waals surface area contributed by atoms with Crippen LogP contribution in [0, 0.1) is 17.0 Å². The minimum Gasteiger partial charge on any atom is -0.358 e. The molecule has 1 N–H and O–H groups in total. The summed E-state index contributed by atoms with van der Waals surface area (Å²) in [6.07, 6.45) is 1.45. The number of halogens is 1. The van der Waals surface area contributed by atoms with Gasteiger partial charge in [-0.25, -0.2) is 5.43 Å². The Hall–Kier alpha value is -2.74. The Morgan fingerprint density at radius 3 is 2.95 bits per heavy atom. The van der Waals surface area contributed by atoms with Crippen LogP contribution in [0.25, 0.3) is 0 Å². The smallest absolute Gasteiger partial charge is 0.358 e. The molecule has 9 heteroatoms. The van der Waals surface area contributed by atoms with E-state index in [0.29, 0.717) is 10.7 Å². The monoisotopic (exact) mass is 321 g/mol. The van der Waals surface area contributed by atoms with Crippen molar-refractivity contribution in [2.75, 3.05) is 0 Å². The van der Waals surface area contributed by atoms with E-state index in [9.17, 15) is 14.9 Å². The summed E-state index contributed by atoms with van der Waals surface area (Å²) in [5, 5.41) is 18.7. The Morgan fingerprint density at radius 2 is 2.32 bits per heavy atom. The summed E-state index contributed by atoms with van der Waals surface area (Å²) in [5.74, 6) is -0.743. The number of hydrazone groups is 1. The van der Waals surface area contributed by atoms with Crippen LogP contribution in [0.2, 0.25) is 5.02 Å². The molecule has 0 spiro atoms. The van der Waals surface area contributed by atoms with Crippen LogP contribution < -0.4 is 5.43 Å². The molecule has 1 amide bonds. The molecule has 0 aliphatic heterocycles. The van der Waals surface area contributed by atoms with Gasteiger partial charge < -0.3 is 10.1 Å². The summed E-state index contributed by atoms with van der Waals surface area (Å²) < 4.78 is 1.24. The molecule has 0 saturated carbocycles. The Labute approximate surface area is 130 Å². The summed E-state index contributed by atoms with van der Waals surface area (Å²) in [5.41, 5.74) is 3.57. The van der Waals surface area contributed by atoms with Crippen LogP contribution >= 0.6 is 11.6 Å². The fourth-order valence-electron chi connectivity index (χ4n) is 1.68. The molecule has 0 saturated heterocycles. The molecule has 1 aromatic carbocycles. The zero-order valence-corrected chi connectivity index (χ0v) is 12.3. The highest BCUT2D eigenvalue weighted by molar-refractivity contribution is 6.30. The van der Waals surface area contributed by atoms with Crippen molar-refractivity contribution in [3.05, 3.63) is 56.7 Å². The summed E-state index contributed by atoms with van der Waals surface area (Å²) in [4.78, 5) is 21.7. The molecular formula is C13H12ClN5O3. The molecule has 0 unspecified atom stereocenters. The van der Waals surface area contributed by atoms with Gasteiger partial charge in [-0.2, -0.15) is 9.78 Å². The van der Waals surface area contributed by atoms with E-state index >= 15 is 0 Å². The first-order chi connectivity index (χ1) is 10.5. The number of aryl methyl sites for hydroxylation is 1. The van der Waals surface area contributed by atoms with Crippen molar-refractivity contribution in [1.82, 2.24) is 15.2 Å². The maximum atomic E-state index is 11.7. The molecule has 0 atom stereocenters. The van der Waals surface area contributed by atoms with Gasteiger partial charge in [-0.05, 0) is 29.5 Å². The van der Waals surface area contributed by atoms with Gasteiger partial charge in [0.2, 0.25) is 0 Å². The van der Waals surface area contributed by atoms with Crippen LogP contribution in [0.4, 0.5) is 5.82 Å². The molecule has 0 radical (unpaired) electrons. The van der Waals surface area contributed by atoms with Crippen molar-refractivity contribution in [3.8, 4) is 0 Å². The van der Waals surface area contributed by atoms with Crippen molar-refractivity contribution in [2.24, 2.45) is 5.10 Å². The average Bonchev–Trinajstić information content (AvgIpc) is 2.80. The number of nitrogens with one attached hydrogen (secondary N) is 1. The summed E-state index contributed by atoms with van der Waals surface area (Å²) in [6.45, 7) is 1.47. The van der Waals surface area contributed by atoms with E-state index < -0.39 is 10.8 Å². The Balaban J connectivity index is 1.94. The molecule has 8 nitrogen and oxygen atoms in total. The molecule has 114 valence electrons. The standard InChI is InChI=1S/C13H12ClN5O3/c1-9-5-12(19(21)22)17-18(9)8-13(20)16-15-7-10-3-2-4-11(14)6-10/h2-7H,8H2,1H3,(H,16,20)/b15-7+. The zero-order valence-electron chi connectivity index (χ0n) is 11.6. The number of aromatic nitrogens is 2. The van der Waals surface area contributed by atoms with Gasteiger partial charge in [0.05, 0.1) is 23.1 Å². The number of benzene rings is 1. The number of amides is 1. The summed E-state index contributed by atoms with van der Waals surface area (Å²) in [7, 11) is 0. The lowest BCUT2D eigenvalue weighted by atomic mass is 10.2. The van der Waals surface area contributed by atoms with Gasteiger partial charge in [0.1, 0.15) is 6.54 Å². The van der Waals surface area contributed by atoms with E-state index in [0.717, 1.165) is 5.56 Å². The van der Waals surface area contributed by atoms with Gasteiger partial charge in [0.25, 0.3) is 5.91 Å². The fourth-order valence-corrected chi connectivity index (χ4v) is 1.88. The second-order valence-electron chi connectivity index (χ2n) is 4.41. The summed E-state index contributed by atoms with van der Waals surface area (Å²) in [6, 6.07) is 8.26. The quantitative estimate of drug-likeness (QED) is 0.516. The highest BCUT2D eigenvalue weighted by atomic mass is 35.5. The maximum Gasteiger partial charge on any atom is 0.390 e. The first-order valence-corrected chi connectivity index (χ1v) is 6.60. The van der Waals surface area contributed by atoms with Crippen LogP contribution in [0.15, 0.2) is 35.4 Å². The third-order valence-electron chi connectivity index (χ3n) is 2.70. The molecule has 0 fully saturated rings. The summed E-state index contributed by atoms with van der Waals surface area (Å²) >= 11 is 5.82. The average molecular weight is 322 g/mol. The number of hydrogen-bond acceptors (Lipinski definition) is 5. The highest BCUT2D eigenvalue weighted by Crippen LogP contribution is 2.10. The minimum absolute atomic E-state index is 0.160. The van der Waals surface area contributed by atoms with Crippen molar-refractivity contribution in [1.29, 1.82) is 0 Å². The lowest BCUT2D eigenvalue weighted by molar-refractivity contribution is -0.389. The largest absolute Gasteiger partial charge is 0.390 e. The Kier molecular flexibility index (Phi) is 4.84. The van der Waals surface area contributed by atoms with Gasteiger partial charge in [-0.3, -0.25) is 4.79 Å². The van der Waals surface area contributed by atoms with E-state index in [1.165, 1.54) is 17.0 Å². The van der Waals surface area contributed by atoms with Crippen molar-refractivity contribution in [2.45, 2.75) is 13.5 Å². The maximum absolute atomic E-state index is 11.7. The van der Waals surface area contributed by atoms with E-state index in [-0.39, 0.29) is 12.4 Å². The molecule has 2 aromatic rings. The van der Waals surface area contributed by atoms with Crippen LogP contribution in [0.3, 0.4) is 0 Å². The zero-order chi connectivity index (χ0) is 16.1. The molecule has 0 aliphatic rings. The van der Waals surface area contributed by atoms with Gasteiger partial charge in [-0.15, -0.1) is 0 Å². The third kappa shape index (κ3) is 4.13. The molecule has 0 aliphatic carbocycles. The lowest BCUT2D eigenvalue weighted by Crippen LogP contribution is -2.24. The van der Waals surface area contributed by atoms with E-state index in [1.807, 2.05) is 0 Å². The molecule has 0 bridgehead atoms. The normalized spacial score (nSPS) is 10.8. The van der Waals surface area contributed by atoms with Gasteiger partial charge in [0, 0.05) is 5.02 Å². The number of nitro groups is 1.